The van der Waals surface area contributed by atoms with Crippen LogP contribution in [0.25, 0.3) is 10.8 Å². The third-order valence-electron chi connectivity index (χ3n) is 3.78. The number of pyridine rings is 2. The Bertz CT molecular complexity index is 616. The molecule has 0 unspecified atom stereocenters. The maximum atomic E-state index is 11.7. The van der Waals surface area contributed by atoms with E-state index in [1.165, 1.54) is 0 Å². The molecule has 22 heavy (non-hydrogen) atoms. The number of carbonyl (C=O) groups excluding carboxylic acids is 1. The molecule has 1 amide bonds. The van der Waals surface area contributed by atoms with Gasteiger partial charge in [0, 0.05) is 62.0 Å². The molecule has 3 heterocycles. The maximum Gasteiger partial charge on any atom is 0.222 e. The van der Waals surface area contributed by atoms with E-state index >= 15 is 0 Å². The lowest BCUT2D eigenvalue weighted by Crippen LogP contribution is -2.48. The van der Waals surface area contributed by atoms with Crippen molar-refractivity contribution < 1.29 is 4.79 Å². The molecule has 2 aromatic heterocycles. The van der Waals surface area contributed by atoms with Crippen molar-refractivity contribution in [2.45, 2.75) is 27.2 Å². The van der Waals surface area contributed by atoms with E-state index in [-0.39, 0.29) is 5.91 Å². The molecule has 2 aromatic rings. The van der Waals surface area contributed by atoms with Gasteiger partial charge in [0.15, 0.2) is 0 Å². The minimum atomic E-state index is 0.236. The smallest absolute Gasteiger partial charge is 0.222 e. The Balaban J connectivity index is 0.000000847. The minimum absolute atomic E-state index is 0.236. The molecule has 0 radical (unpaired) electrons. The Morgan fingerprint density at radius 2 is 1.86 bits per heavy atom. The Hall–Kier alpha value is -2.17. The second-order valence-corrected chi connectivity index (χ2v) is 4.95. The molecule has 1 aliphatic rings. The van der Waals surface area contributed by atoms with Gasteiger partial charge in [0.05, 0.1) is 0 Å². The fourth-order valence-corrected chi connectivity index (χ4v) is 2.64. The van der Waals surface area contributed by atoms with Crippen molar-refractivity contribution in [1.82, 2.24) is 14.9 Å². The van der Waals surface area contributed by atoms with Gasteiger partial charge in [0.1, 0.15) is 5.82 Å². The van der Waals surface area contributed by atoms with Crippen molar-refractivity contribution in [3.63, 3.8) is 0 Å². The lowest BCUT2D eigenvalue weighted by molar-refractivity contribution is -0.131. The molecule has 0 saturated carbocycles. The van der Waals surface area contributed by atoms with Crippen LogP contribution in [-0.4, -0.2) is 47.0 Å². The predicted octanol–water partition coefficient (Wildman–Crippen LogP) is 2.71. The van der Waals surface area contributed by atoms with Gasteiger partial charge in [0.25, 0.3) is 0 Å². The summed E-state index contributed by atoms with van der Waals surface area (Å²) in [6.07, 6.45) is 6.06. The summed E-state index contributed by atoms with van der Waals surface area (Å²) < 4.78 is 0. The highest BCUT2D eigenvalue weighted by atomic mass is 16.2. The molecule has 0 aliphatic carbocycles. The van der Waals surface area contributed by atoms with E-state index in [0.29, 0.717) is 6.42 Å². The fraction of sp³-hybridized carbons (Fsp3) is 0.471. The highest BCUT2D eigenvalue weighted by molar-refractivity contribution is 5.91. The monoisotopic (exact) mass is 300 g/mol. The second-order valence-electron chi connectivity index (χ2n) is 4.95. The second kappa shape index (κ2) is 7.73. The van der Waals surface area contributed by atoms with Crippen LogP contribution in [0.15, 0.2) is 30.7 Å². The normalized spacial score (nSPS) is 14.5. The van der Waals surface area contributed by atoms with Gasteiger partial charge in [-0.1, -0.05) is 20.8 Å². The van der Waals surface area contributed by atoms with E-state index < -0.39 is 0 Å². The Morgan fingerprint density at radius 1 is 1.14 bits per heavy atom. The van der Waals surface area contributed by atoms with Crippen molar-refractivity contribution in [2.75, 3.05) is 31.1 Å². The summed E-state index contributed by atoms with van der Waals surface area (Å²) in [5.74, 6) is 1.23. The molecule has 0 spiro atoms. The van der Waals surface area contributed by atoms with E-state index in [2.05, 4.69) is 14.9 Å². The highest BCUT2D eigenvalue weighted by Crippen LogP contribution is 2.24. The zero-order chi connectivity index (χ0) is 15.9. The number of hydrogen-bond donors (Lipinski definition) is 0. The third-order valence-corrected chi connectivity index (χ3v) is 3.78. The number of rotatable bonds is 2. The molecule has 0 atom stereocenters. The summed E-state index contributed by atoms with van der Waals surface area (Å²) in [6, 6.07) is 3.98. The summed E-state index contributed by atoms with van der Waals surface area (Å²) in [5, 5.41) is 2.22. The number of hydrogen-bond acceptors (Lipinski definition) is 4. The summed E-state index contributed by atoms with van der Waals surface area (Å²) >= 11 is 0. The molecular weight excluding hydrogens is 276 g/mol. The number of nitrogens with zero attached hydrogens (tertiary/aromatic N) is 4. The van der Waals surface area contributed by atoms with Gasteiger partial charge in [-0.25, -0.2) is 4.98 Å². The number of amides is 1. The van der Waals surface area contributed by atoms with Crippen molar-refractivity contribution in [3.05, 3.63) is 30.7 Å². The van der Waals surface area contributed by atoms with Crippen molar-refractivity contribution in [2.24, 2.45) is 0 Å². The Labute approximate surface area is 132 Å². The van der Waals surface area contributed by atoms with Crippen LogP contribution >= 0.6 is 0 Å². The highest BCUT2D eigenvalue weighted by Gasteiger charge is 2.21. The first-order valence-electron chi connectivity index (χ1n) is 8.01. The number of aromatic nitrogens is 2. The van der Waals surface area contributed by atoms with Gasteiger partial charge in [-0.2, -0.15) is 0 Å². The summed E-state index contributed by atoms with van der Waals surface area (Å²) in [4.78, 5) is 24.6. The van der Waals surface area contributed by atoms with Crippen molar-refractivity contribution in [3.8, 4) is 0 Å². The van der Waals surface area contributed by atoms with Crippen LogP contribution in [-0.2, 0) is 4.79 Å². The maximum absolute atomic E-state index is 11.7. The third kappa shape index (κ3) is 3.35. The Morgan fingerprint density at radius 3 is 2.55 bits per heavy atom. The topological polar surface area (TPSA) is 49.3 Å². The van der Waals surface area contributed by atoms with Crippen LogP contribution < -0.4 is 4.90 Å². The van der Waals surface area contributed by atoms with E-state index in [1.807, 2.05) is 50.2 Å². The van der Waals surface area contributed by atoms with Gasteiger partial charge in [0.2, 0.25) is 5.91 Å². The van der Waals surface area contributed by atoms with Crippen molar-refractivity contribution >= 4 is 22.5 Å². The summed E-state index contributed by atoms with van der Waals surface area (Å²) in [5.41, 5.74) is 0. The number of anilines is 1. The molecule has 0 N–H and O–H groups in total. The molecule has 1 fully saturated rings. The zero-order valence-electron chi connectivity index (χ0n) is 13.6. The Kier molecular flexibility index (Phi) is 5.69. The zero-order valence-corrected chi connectivity index (χ0v) is 13.6. The molecule has 1 saturated heterocycles. The lowest BCUT2D eigenvalue weighted by Gasteiger charge is -2.35. The first-order valence-corrected chi connectivity index (χ1v) is 8.01. The van der Waals surface area contributed by atoms with Gasteiger partial charge in [-0.3, -0.25) is 9.78 Å². The number of carbonyl (C=O) groups is 1. The van der Waals surface area contributed by atoms with E-state index in [4.69, 9.17) is 0 Å². The van der Waals surface area contributed by atoms with E-state index in [9.17, 15) is 4.79 Å². The van der Waals surface area contributed by atoms with Crippen LogP contribution in [0.3, 0.4) is 0 Å². The van der Waals surface area contributed by atoms with Gasteiger partial charge >= 0.3 is 0 Å². The van der Waals surface area contributed by atoms with Crippen molar-refractivity contribution in [1.29, 1.82) is 0 Å². The van der Waals surface area contributed by atoms with Crippen LogP contribution in [0.1, 0.15) is 27.2 Å². The molecule has 0 bridgehead atoms. The van der Waals surface area contributed by atoms with Gasteiger partial charge in [-0.15, -0.1) is 0 Å². The quantitative estimate of drug-likeness (QED) is 0.855. The predicted molar refractivity (Wildman–Crippen MR) is 90.0 cm³/mol. The van der Waals surface area contributed by atoms with Gasteiger partial charge in [-0.05, 0) is 12.1 Å². The molecule has 1 aliphatic heterocycles. The molecular formula is C17H24N4O. The largest absolute Gasteiger partial charge is 0.353 e. The average Bonchev–Trinajstić information content (AvgIpc) is 2.62. The molecule has 0 aromatic carbocycles. The van der Waals surface area contributed by atoms with Crippen LogP contribution in [0.4, 0.5) is 5.82 Å². The van der Waals surface area contributed by atoms with Crippen LogP contribution in [0.2, 0.25) is 0 Å². The standard InChI is InChI=1S/C15H18N4O.C2H6/c1-2-14(20)18-7-9-19(10-8-18)15-13-4-5-16-11-12(13)3-6-17-15;1-2/h3-6,11H,2,7-10H2,1H3;1-2H3. The van der Waals surface area contributed by atoms with Gasteiger partial charge < -0.3 is 9.80 Å². The fourth-order valence-electron chi connectivity index (χ4n) is 2.64. The first-order chi connectivity index (χ1) is 10.8. The van der Waals surface area contributed by atoms with E-state index in [1.54, 1.807) is 6.20 Å². The SMILES string of the molecule is CC.CCC(=O)N1CCN(c2nccc3cnccc23)CC1. The summed E-state index contributed by atoms with van der Waals surface area (Å²) in [6.45, 7) is 9.12. The lowest BCUT2D eigenvalue weighted by atomic mass is 10.2. The molecule has 5 heteroatoms. The number of piperazine rings is 1. The minimum Gasteiger partial charge on any atom is -0.353 e. The first kappa shape index (κ1) is 16.2. The number of fused-ring (bicyclic) bond motifs is 1. The molecule has 5 nitrogen and oxygen atoms in total. The summed E-state index contributed by atoms with van der Waals surface area (Å²) in [7, 11) is 0. The van der Waals surface area contributed by atoms with Crippen LogP contribution in [0.5, 0.6) is 0 Å². The van der Waals surface area contributed by atoms with E-state index in [0.717, 1.165) is 42.8 Å². The van der Waals surface area contributed by atoms with Crippen LogP contribution in [0, 0.1) is 0 Å². The average molecular weight is 300 g/mol. The molecule has 118 valence electrons. The molecule has 3 rings (SSSR count).